The van der Waals surface area contributed by atoms with Crippen molar-refractivity contribution >= 4 is 17.8 Å². The fraction of sp³-hybridized carbons (Fsp3) is 0.889. The van der Waals surface area contributed by atoms with Crippen LogP contribution >= 0.6 is 11.9 Å². The minimum Gasteiger partial charge on any atom is -0.348 e. The summed E-state index contributed by atoms with van der Waals surface area (Å²) in [7, 11) is 0. The maximum atomic E-state index is 10.8. The zero-order valence-electron chi connectivity index (χ0n) is 7.81. The molecule has 0 fully saturated rings. The number of carbonyl (C=O) groups is 1. The fourth-order valence-corrected chi connectivity index (χ4v) is 1.27. The van der Waals surface area contributed by atoms with Crippen LogP contribution in [0.5, 0.6) is 0 Å². The number of rotatable bonds is 6. The number of unbranched alkanes of at least 4 members (excludes halogenated alkanes) is 1. The molecule has 0 aromatic carbocycles. The molecule has 0 aromatic heterocycles. The van der Waals surface area contributed by atoms with Crippen molar-refractivity contribution in [2.75, 3.05) is 0 Å². The highest BCUT2D eigenvalue weighted by Gasteiger charge is 2.11. The zero-order valence-corrected chi connectivity index (χ0v) is 8.56. The maximum absolute atomic E-state index is 10.8. The summed E-state index contributed by atoms with van der Waals surface area (Å²) in [5, 5.41) is 0. The molecule has 1 unspecified atom stereocenters. The van der Waals surface area contributed by atoms with E-state index >= 15 is 0 Å². The molecule has 0 heterocycles. The Morgan fingerprint density at radius 3 is 2.58 bits per heavy atom. The van der Waals surface area contributed by atoms with Gasteiger partial charge < -0.3 is 4.29 Å². The predicted molar refractivity (Wildman–Crippen MR) is 49.9 cm³/mol. The minimum absolute atomic E-state index is 0.306. The van der Waals surface area contributed by atoms with Crippen LogP contribution in [0, 0.1) is 5.92 Å². The van der Waals surface area contributed by atoms with Crippen molar-refractivity contribution < 1.29 is 9.08 Å². The van der Waals surface area contributed by atoms with E-state index in [9.17, 15) is 4.79 Å². The largest absolute Gasteiger partial charge is 0.348 e. The maximum Gasteiger partial charge on any atom is 0.325 e. The monoisotopic (exact) mass is 192 g/mol. The van der Waals surface area contributed by atoms with Crippen LogP contribution in [0.1, 0.15) is 46.0 Å². The van der Waals surface area contributed by atoms with Gasteiger partial charge in [-0.05, 0) is 12.3 Å². The second-order valence-electron chi connectivity index (χ2n) is 3.07. The molecular formula is C9H17ClO2. The molecule has 0 radical (unpaired) electrons. The molecule has 0 aromatic rings. The van der Waals surface area contributed by atoms with E-state index in [1.807, 2.05) is 0 Å². The highest BCUT2D eigenvalue weighted by Crippen LogP contribution is 2.17. The highest BCUT2D eigenvalue weighted by atomic mass is 35.5. The molecule has 0 amide bonds. The minimum atomic E-state index is -0.306. The van der Waals surface area contributed by atoms with Gasteiger partial charge in [-0.2, -0.15) is 0 Å². The molecule has 0 rings (SSSR count). The van der Waals surface area contributed by atoms with Crippen molar-refractivity contribution in [2.45, 2.75) is 46.0 Å². The van der Waals surface area contributed by atoms with Crippen LogP contribution in [-0.4, -0.2) is 5.97 Å². The molecule has 0 bridgehead atoms. The Morgan fingerprint density at radius 2 is 2.17 bits per heavy atom. The van der Waals surface area contributed by atoms with E-state index in [-0.39, 0.29) is 5.97 Å². The third-order valence-electron chi connectivity index (χ3n) is 2.08. The van der Waals surface area contributed by atoms with Crippen LogP contribution < -0.4 is 0 Å². The van der Waals surface area contributed by atoms with Crippen molar-refractivity contribution in [1.29, 1.82) is 0 Å². The molecule has 0 aliphatic rings. The molecule has 0 aliphatic carbocycles. The quantitative estimate of drug-likeness (QED) is 0.646. The molecule has 12 heavy (non-hydrogen) atoms. The Labute approximate surface area is 79.4 Å². The molecule has 0 spiro atoms. The summed E-state index contributed by atoms with van der Waals surface area (Å²) >= 11 is 4.94. The summed E-state index contributed by atoms with van der Waals surface area (Å²) in [6.07, 6.45) is 4.92. The lowest BCUT2D eigenvalue weighted by molar-refractivity contribution is -0.135. The summed E-state index contributed by atoms with van der Waals surface area (Å²) in [6, 6.07) is 0. The number of hydrogen-bond acceptors (Lipinski definition) is 2. The molecule has 3 heteroatoms. The van der Waals surface area contributed by atoms with Crippen LogP contribution in [0.4, 0.5) is 0 Å². The second kappa shape index (κ2) is 7.41. The van der Waals surface area contributed by atoms with Gasteiger partial charge in [0, 0.05) is 6.42 Å². The lowest BCUT2D eigenvalue weighted by Crippen LogP contribution is -2.07. The molecule has 2 nitrogen and oxygen atoms in total. The van der Waals surface area contributed by atoms with Crippen LogP contribution in [-0.2, 0) is 9.08 Å². The van der Waals surface area contributed by atoms with E-state index in [0.717, 1.165) is 12.8 Å². The van der Waals surface area contributed by atoms with Crippen molar-refractivity contribution in [3.8, 4) is 0 Å². The van der Waals surface area contributed by atoms with E-state index in [0.29, 0.717) is 12.3 Å². The third kappa shape index (κ3) is 5.42. The van der Waals surface area contributed by atoms with E-state index < -0.39 is 0 Å². The van der Waals surface area contributed by atoms with Crippen molar-refractivity contribution in [3.63, 3.8) is 0 Å². The molecule has 0 N–H and O–H groups in total. The second-order valence-corrected chi connectivity index (χ2v) is 3.22. The van der Waals surface area contributed by atoms with Gasteiger partial charge in [0.1, 0.15) is 11.9 Å². The Morgan fingerprint density at radius 1 is 1.50 bits per heavy atom. The van der Waals surface area contributed by atoms with E-state index in [4.69, 9.17) is 11.9 Å². The van der Waals surface area contributed by atoms with E-state index in [1.165, 1.54) is 12.8 Å². The van der Waals surface area contributed by atoms with Crippen LogP contribution in [0.15, 0.2) is 0 Å². The van der Waals surface area contributed by atoms with Gasteiger partial charge in [-0.3, -0.25) is 4.79 Å². The van der Waals surface area contributed by atoms with Crippen LogP contribution in [0.3, 0.4) is 0 Å². The first-order valence-electron chi connectivity index (χ1n) is 4.56. The first kappa shape index (κ1) is 11.8. The summed E-state index contributed by atoms with van der Waals surface area (Å²) in [4.78, 5) is 10.8. The summed E-state index contributed by atoms with van der Waals surface area (Å²) < 4.78 is 4.10. The van der Waals surface area contributed by atoms with Crippen molar-refractivity contribution in [3.05, 3.63) is 0 Å². The summed E-state index contributed by atoms with van der Waals surface area (Å²) in [5.74, 6) is 0.135. The number of halogens is 1. The van der Waals surface area contributed by atoms with Crippen LogP contribution in [0.25, 0.3) is 0 Å². The van der Waals surface area contributed by atoms with Crippen LogP contribution in [0.2, 0.25) is 0 Å². The van der Waals surface area contributed by atoms with Crippen molar-refractivity contribution in [1.82, 2.24) is 0 Å². The normalized spacial score (nSPS) is 12.6. The molecular weight excluding hydrogens is 176 g/mol. The Kier molecular flexibility index (Phi) is 7.26. The Hall–Kier alpha value is -0.240. The van der Waals surface area contributed by atoms with Gasteiger partial charge >= 0.3 is 5.97 Å². The molecule has 72 valence electrons. The van der Waals surface area contributed by atoms with Gasteiger partial charge in [-0.25, -0.2) is 0 Å². The van der Waals surface area contributed by atoms with Gasteiger partial charge in [-0.15, -0.1) is 0 Å². The van der Waals surface area contributed by atoms with Gasteiger partial charge in [0.2, 0.25) is 0 Å². The van der Waals surface area contributed by atoms with Gasteiger partial charge in [0.05, 0.1) is 0 Å². The summed E-state index contributed by atoms with van der Waals surface area (Å²) in [5.41, 5.74) is 0. The van der Waals surface area contributed by atoms with Gasteiger partial charge in [0.15, 0.2) is 0 Å². The van der Waals surface area contributed by atoms with Gasteiger partial charge in [0.25, 0.3) is 0 Å². The lowest BCUT2D eigenvalue weighted by atomic mass is 9.96. The highest BCUT2D eigenvalue weighted by molar-refractivity contribution is 6.13. The number of hydrogen-bond donors (Lipinski definition) is 0. The lowest BCUT2D eigenvalue weighted by Gasteiger charge is -2.11. The molecule has 0 saturated carbocycles. The Balaban J connectivity index is 3.59. The molecule has 0 saturated heterocycles. The molecule has 0 aliphatic heterocycles. The molecule has 1 atom stereocenters. The van der Waals surface area contributed by atoms with E-state index in [2.05, 4.69) is 18.1 Å². The fourth-order valence-electron chi connectivity index (χ4n) is 1.21. The Bertz CT molecular complexity index is 126. The average molecular weight is 193 g/mol. The summed E-state index contributed by atoms with van der Waals surface area (Å²) in [6.45, 7) is 4.23. The third-order valence-corrected chi connectivity index (χ3v) is 2.26. The smallest absolute Gasteiger partial charge is 0.325 e. The van der Waals surface area contributed by atoms with Crippen molar-refractivity contribution in [2.24, 2.45) is 5.92 Å². The average Bonchev–Trinajstić information content (AvgIpc) is 2.11. The first-order chi connectivity index (χ1) is 5.74. The zero-order chi connectivity index (χ0) is 9.40. The standard InChI is InChI=1S/C9H17ClO2/c1-3-5-6-8(4-2)7-9(11)12-10/h8H,3-7H2,1-2H3. The topological polar surface area (TPSA) is 26.3 Å². The SMILES string of the molecule is CCCCC(CC)CC(=O)OCl. The van der Waals surface area contributed by atoms with Gasteiger partial charge in [-0.1, -0.05) is 33.1 Å². The van der Waals surface area contributed by atoms with E-state index in [1.54, 1.807) is 0 Å². The first-order valence-corrected chi connectivity index (χ1v) is 4.86. The predicted octanol–water partition coefficient (Wildman–Crippen LogP) is 3.29. The number of carbonyl (C=O) groups excluding carboxylic acids is 1.